The van der Waals surface area contributed by atoms with Crippen LogP contribution in [0.25, 0.3) is 16.9 Å². The van der Waals surface area contributed by atoms with Crippen molar-refractivity contribution >= 4 is 17.2 Å². The zero-order chi connectivity index (χ0) is 18.8. The lowest BCUT2D eigenvalue weighted by Crippen LogP contribution is -2.08. The summed E-state index contributed by atoms with van der Waals surface area (Å²) in [4.78, 5) is 6.88. The molecular weight excluding hydrogens is 339 g/mol. The Hall–Kier alpha value is -3.34. The van der Waals surface area contributed by atoms with E-state index in [-0.39, 0.29) is 5.82 Å². The van der Waals surface area contributed by atoms with Crippen LogP contribution in [0.15, 0.2) is 72.9 Å². The van der Waals surface area contributed by atoms with Crippen molar-refractivity contribution in [2.75, 3.05) is 24.3 Å². The van der Waals surface area contributed by atoms with Gasteiger partial charge >= 0.3 is 0 Å². The molecule has 0 spiro atoms. The molecule has 0 bridgehead atoms. The van der Waals surface area contributed by atoms with Crippen LogP contribution in [0.5, 0.6) is 0 Å². The Kier molecular flexibility index (Phi) is 4.50. The zero-order valence-electron chi connectivity index (χ0n) is 15.4. The highest BCUT2D eigenvalue weighted by atomic mass is 19.1. The Balaban J connectivity index is 1.71. The Morgan fingerprint density at radius 2 is 1.70 bits per heavy atom. The van der Waals surface area contributed by atoms with Crippen LogP contribution in [0.3, 0.4) is 0 Å². The molecule has 0 atom stereocenters. The van der Waals surface area contributed by atoms with Crippen LogP contribution in [-0.4, -0.2) is 23.5 Å². The van der Waals surface area contributed by atoms with Gasteiger partial charge in [-0.05, 0) is 42.0 Å². The van der Waals surface area contributed by atoms with Gasteiger partial charge in [0.2, 0.25) is 0 Å². The van der Waals surface area contributed by atoms with Crippen LogP contribution in [-0.2, 0) is 6.54 Å². The number of benzene rings is 2. The van der Waals surface area contributed by atoms with Gasteiger partial charge in [0.15, 0.2) is 0 Å². The molecule has 4 rings (SSSR count). The van der Waals surface area contributed by atoms with Gasteiger partial charge in [-0.15, -0.1) is 0 Å². The van der Waals surface area contributed by atoms with Crippen molar-refractivity contribution in [3.8, 4) is 11.3 Å². The first-order valence-electron chi connectivity index (χ1n) is 8.85. The van der Waals surface area contributed by atoms with Gasteiger partial charge in [0, 0.05) is 38.1 Å². The van der Waals surface area contributed by atoms with Gasteiger partial charge < -0.3 is 10.2 Å². The normalized spacial score (nSPS) is 10.9. The van der Waals surface area contributed by atoms with Crippen LogP contribution in [0.1, 0.15) is 5.56 Å². The van der Waals surface area contributed by atoms with E-state index in [1.54, 1.807) is 12.1 Å². The third-order valence-electron chi connectivity index (χ3n) is 4.56. The van der Waals surface area contributed by atoms with Gasteiger partial charge in [0.05, 0.1) is 0 Å². The van der Waals surface area contributed by atoms with Crippen molar-refractivity contribution in [3.05, 3.63) is 84.3 Å². The number of pyridine rings is 1. The molecule has 5 heteroatoms. The van der Waals surface area contributed by atoms with E-state index in [1.165, 1.54) is 12.1 Å². The number of anilines is 2. The lowest BCUT2D eigenvalue weighted by molar-refractivity contribution is 0.627. The number of nitrogens with one attached hydrogen (secondary N) is 1. The molecule has 4 nitrogen and oxygen atoms in total. The topological polar surface area (TPSA) is 32.6 Å². The molecular formula is C22H21FN4. The van der Waals surface area contributed by atoms with E-state index in [4.69, 9.17) is 4.98 Å². The van der Waals surface area contributed by atoms with Crippen molar-refractivity contribution in [3.63, 3.8) is 0 Å². The molecule has 2 aromatic heterocycles. The average Bonchev–Trinajstić information content (AvgIpc) is 3.06. The average molecular weight is 360 g/mol. The van der Waals surface area contributed by atoms with Gasteiger partial charge in [-0.25, -0.2) is 9.37 Å². The molecule has 2 aromatic carbocycles. The number of imidazole rings is 1. The van der Waals surface area contributed by atoms with E-state index in [1.807, 2.05) is 42.9 Å². The quantitative estimate of drug-likeness (QED) is 0.554. The standard InChI is InChI=1S/C22H21FN4/c1-26(2)19-12-8-17(9-13-19)21-22(27-14-4-3-5-20(27)25-21)24-15-16-6-10-18(23)11-7-16/h3-14,24H,15H2,1-2H3. The fourth-order valence-corrected chi connectivity index (χ4v) is 3.07. The fraction of sp³-hybridized carbons (Fsp3) is 0.136. The van der Waals surface area contributed by atoms with Crippen LogP contribution >= 0.6 is 0 Å². The number of nitrogens with zero attached hydrogens (tertiary/aromatic N) is 3. The first-order chi connectivity index (χ1) is 13.1. The second-order valence-electron chi connectivity index (χ2n) is 6.66. The number of hydrogen-bond donors (Lipinski definition) is 1. The van der Waals surface area contributed by atoms with Crippen molar-refractivity contribution in [2.24, 2.45) is 0 Å². The van der Waals surface area contributed by atoms with Crippen molar-refractivity contribution in [1.82, 2.24) is 9.38 Å². The summed E-state index contributed by atoms with van der Waals surface area (Å²) in [6.45, 7) is 0.589. The predicted octanol–water partition coefficient (Wildman–Crippen LogP) is 4.82. The van der Waals surface area contributed by atoms with Gasteiger partial charge in [0.1, 0.15) is 23.0 Å². The van der Waals surface area contributed by atoms with E-state index >= 15 is 0 Å². The van der Waals surface area contributed by atoms with Crippen molar-refractivity contribution < 1.29 is 4.39 Å². The van der Waals surface area contributed by atoms with Gasteiger partial charge in [0.25, 0.3) is 0 Å². The predicted molar refractivity (Wildman–Crippen MR) is 109 cm³/mol. The van der Waals surface area contributed by atoms with E-state index in [0.29, 0.717) is 6.54 Å². The Labute approximate surface area is 157 Å². The molecule has 0 saturated carbocycles. The maximum absolute atomic E-state index is 13.1. The Morgan fingerprint density at radius 1 is 0.963 bits per heavy atom. The molecule has 27 heavy (non-hydrogen) atoms. The molecule has 4 aromatic rings. The monoisotopic (exact) mass is 360 g/mol. The van der Waals surface area contributed by atoms with E-state index in [0.717, 1.165) is 34.0 Å². The molecule has 0 radical (unpaired) electrons. The largest absolute Gasteiger partial charge is 0.378 e. The molecule has 0 fully saturated rings. The number of halogens is 1. The third-order valence-corrected chi connectivity index (χ3v) is 4.56. The fourth-order valence-electron chi connectivity index (χ4n) is 3.07. The summed E-state index contributed by atoms with van der Waals surface area (Å²) >= 11 is 0. The molecule has 0 amide bonds. The molecule has 0 unspecified atom stereocenters. The molecule has 0 aliphatic heterocycles. The minimum absolute atomic E-state index is 0.227. The summed E-state index contributed by atoms with van der Waals surface area (Å²) in [5.74, 6) is 0.697. The van der Waals surface area contributed by atoms with Crippen LogP contribution in [0.2, 0.25) is 0 Å². The lowest BCUT2D eigenvalue weighted by Gasteiger charge is -2.13. The number of rotatable bonds is 5. The SMILES string of the molecule is CN(C)c1ccc(-c2nc3ccccn3c2NCc2ccc(F)cc2)cc1. The number of fused-ring (bicyclic) bond motifs is 1. The van der Waals surface area contributed by atoms with Gasteiger partial charge in [-0.3, -0.25) is 4.40 Å². The maximum Gasteiger partial charge on any atom is 0.139 e. The highest BCUT2D eigenvalue weighted by molar-refractivity contribution is 5.77. The Bertz CT molecular complexity index is 1050. The van der Waals surface area contributed by atoms with Gasteiger partial charge in [-0.2, -0.15) is 0 Å². The molecule has 0 aliphatic rings. The first kappa shape index (κ1) is 17.1. The maximum atomic E-state index is 13.1. The lowest BCUT2D eigenvalue weighted by atomic mass is 10.1. The summed E-state index contributed by atoms with van der Waals surface area (Å²) in [5, 5.41) is 3.48. The second-order valence-corrected chi connectivity index (χ2v) is 6.66. The van der Waals surface area contributed by atoms with Crippen LogP contribution in [0.4, 0.5) is 15.9 Å². The second kappa shape index (κ2) is 7.11. The smallest absolute Gasteiger partial charge is 0.139 e. The van der Waals surface area contributed by atoms with Crippen LogP contribution in [0, 0.1) is 5.82 Å². The molecule has 0 aliphatic carbocycles. The minimum Gasteiger partial charge on any atom is -0.378 e. The van der Waals surface area contributed by atoms with Gasteiger partial charge in [-0.1, -0.05) is 30.3 Å². The summed E-state index contributed by atoms with van der Waals surface area (Å²) in [5.41, 5.74) is 4.98. The third kappa shape index (κ3) is 3.49. The highest BCUT2D eigenvalue weighted by Gasteiger charge is 2.14. The van der Waals surface area contributed by atoms with E-state index < -0.39 is 0 Å². The zero-order valence-corrected chi connectivity index (χ0v) is 15.4. The van der Waals surface area contributed by atoms with Crippen molar-refractivity contribution in [2.45, 2.75) is 6.54 Å². The van der Waals surface area contributed by atoms with E-state index in [2.05, 4.69) is 34.5 Å². The van der Waals surface area contributed by atoms with Crippen molar-refractivity contribution in [1.29, 1.82) is 0 Å². The summed E-state index contributed by atoms with van der Waals surface area (Å²) < 4.78 is 15.2. The molecule has 0 saturated heterocycles. The molecule has 1 N–H and O–H groups in total. The summed E-state index contributed by atoms with van der Waals surface area (Å²) in [7, 11) is 4.05. The van der Waals surface area contributed by atoms with Crippen LogP contribution < -0.4 is 10.2 Å². The molecule has 136 valence electrons. The highest BCUT2D eigenvalue weighted by Crippen LogP contribution is 2.30. The minimum atomic E-state index is -0.227. The Morgan fingerprint density at radius 3 is 2.41 bits per heavy atom. The summed E-state index contributed by atoms with van der Waals surface area (Å²) in [6, 6.07) is 20.8. The number of aromatic nitrogens is 2. The summed E-state index contributed by atoms with van der Waals surface area (Å²) in [6.07, 6.45) is 1.99. The first-order valence-corrected chi connectivity index (χ1v) is 8.85. The molecule has 2 heterocycles. The number of hydrogen-bond acceptors (Lipinski definition) is 3. The van der Waals surface area contributed by atoms with E-state index in [9.17, 15) is 4.39 Å².